The standard InChI is InChI=1S/C16H18Cl2O2/c17-13-3-2-11(8-14(13)18)9-15(19)12-4-7-20-16(10-12)5-1-6-16/h2-3,8,12H,1,4-7,9-10H2. The largest absolute Gasteiger partial charge is 0.375 e. The van der Waals surface area contributed by atoms with Crippen LogP contribution in [0.1, 0.15) is 37.7 Å². The van der Waals surface area contributed by atoms with Crippen LogP contribution in [0.15, 0.2) is 18.2 Å². The quantitative estimate of drug-likeness (QED) is 0.824. The van der Waals surface area contributed by atoms with Crippen molar-refractivity contribution in [1.29, 1.82) is 0 Å². The first-order valence-electron chi connectivity index (χ1n) is 7.19. The Bertz CT molecular complexity index is 523. The highest BCUT2D eigenvalue weighted by Crippen LogP contribution is 2.44. The maximum Gasteiger partial charge on any atom is 0.140 e. The van der Waals surface area contributed by atoms with Gasteiger partial charge in [-0.1, -0.05) is 29.3 Å². The zero-order valence-electron chi connectivity index (χ0n) is 11.3. The van der Waals surface area contributed by atoms with E-state index in [0.29, 0.717) is 22.2 Å². The molecule has 0 bridgehead atoms. The van der Waals surface area contributed by atoms with Crippen molar-refractivity contribution in [2.75, 3.05) is 6.61 Å². The molecule has 1 aromatic carbocycles. The van der Waals surface area contributed by atoms with Crippen molar-refractivity contribution < 1.29 is 9.53 Å². The molecule has 0 amide bonds. The van der Waals surface area contributed by atoms with Gasteiger partial charge in [0.2, 0.25) is 0 Å². The van der Waals surface area contributed by atoms with Crippen molar-refractivity contribution in [3.63, 3.8) is 0 Å². The molecule has 0 aromatic heterocycles. The smallest absolute Gasteiger partial charge is 0.140 e. The van der Waals surface area contributed by atoms with Crippen molar-refractivity contribution in [2.24, 2.45) is 5.92 Å². The maximum absolute atomic E-state index is 12.5. The number of hydrogen-bond acceptors (Lipinski definition) is 2. The minimum atomic E-state index is 0.0240. The molecular formula is C16H18Cl2O2. The van der Waals surface area contributed by atoms with E-state index in [0.717, 1.165) is 37.9 Å². The number of benzene rings is 1. The Hall–Kier alpha value is -0.570. The third kappa shape index (κ3) is 2.88. The molecule has 20 heavy (non-hydrogen) atoms. The number of carbonyl (C=O) groups excluding carboxylic acids is 1. The van der Waals surface area contributed by atoms with E-state index in [1.807, 2.05) is 6.07 Å². The van der Waals surface area contributed by atoms with Crippen LogP contribution in [-0.4, -0.2) is 18.0 Å². The van der Waals surface area contributed by atoms with E-state index in [-0.39, 0.29) is 11.5 Å². The molecule has 1 aliphatic carbocycles. The Morgan fingerprint density at radius 3 is 2.75 bits per heavy atom. The van der Waals surface area contributed by atoms with E-state index in [1.165, 1.54) is 6.42 Å². The van der Waals surface area contributed by atoms with Gasteiger partial charge in [-0.15, -0.1) is 0 Å². The van der Waals surface area contributed by atoms with E-state index in [4.69, 9.17) is 27.9 Å². The molecule has 1 aliphatic heterocycles. The van der Waals surface area contributed by atoms with Crippen LogP contribution in [0, 0.1) is 5.92 Å². The number of ether oxygens (including phenoxy) is 1. The Balaban J connectivity index is 1.65. The van der Waals surface area contributed by atoms with Gasteiger partial charge in [-0.05, 0) is 49.8 Å². The first-order chi connectivity index (χ1) is 9.58. The van der Waals surface area contributed by atoms with E-state index in [1.54, 1.807) is 12.1 Å². The molecule has 3 rings (SSSR count). The summed E-state index contributed by atoms with van der Waals surface area (Å²) in [4.78, 5) is 12.5. The lowest BCUT2D eigenvalue weighted by molar-refractivity contribution is -0.155. The van der Waals surface area contributed by atoms with Crippen LogP contribution < -0.4 is 0 Å². The normalized spacial score (nSPS) is 24.4. The average molecular weight is 313 g/mol. The molecule has 1 heterocycles. The highest BCUT2D eigenvalue weighted by molar-refractivity contribution is 6.42. The van der Waals surface area contributed by atoms with Crippen molar-refractivity contribution in [3.05, 3.63) is 33.8 Å². The number of Topliss-reactive ketones (excluding diaryl/α,β-unsaturated/α-hetero) is 1. The topological polar surface area (TPSA) is 26.3 Å². The second-order valence-corrected chi connectivity index (χ2v) is 6.78. The number of ketones is 1. The van der Waals surface area contributed by atoms with Crippen LogP contribution in [-0.2, 0) is 16.0 Å². The highest BCUT2D eigenvalue weighted by atomic mass is 35.5. The summed E-state index contributed by atoms with van der Waals surface area (Å²) >= 11 is 11.9. The van der Waals surface area contributed by atoms with Gasteiger partial charge in [0.05, 0.1) is 15.6 Å². The molecular weight excluding hydrogens is 295 g/mol. The fourth-order valence-corrected chi connectivity index (χ4v) is 3.54. The fourth-order valence-electron chi connectivity index (χ4n) is 3.22. The van der Waals surface area contributed by atoms with Crippen molar-refractivity contribution in [1.82, 2.24) is 0 Å². The lowest BCUT2D eigenvalue weighted by atomic mass is 9.71. The average Bonchev–Trinajstić information content (AvgIpc) is 2.41. The fraction of sp³-hybridized carbons (Fsp3) is 0.562. The van der Waals surface area contributed by atoms with Crippen LogP contribution in [0.5, 0.6) is 0 Å². The van der Waals surface area contributed by atoms with E-state index in [9.17, 15) is 4.79 Å². The molecule has 1 unspecified atom stereocenters. The molecule has 0 N–H and O–H groups in total. The molecule has 1 saturated carbocycles. The second kappa shape index (κ2) is 5.67. The SMILES string of the molecule is O=C(Cc1ccc(Cl)c(Cl)c1)C1CCOC2(CCC2)C1. The Morgan fingerprint density at radius 1 is 1.30 bits per heavy atom. The molecule has 108 valence electrons. The van der Waals surface area contributed by atoms with Crippen molar-refractivity contribution in [3.8, 4) is 0 Å². The van der Waals surface area contributed by atoms with Crippen LogP contribution in [0.2, 0.25) is 10.0 Å². The van der Waals surface area contributed by atoms with E-state index < -0.39 is 0 Å². The first kappa shape index (κ1) is 14.4. The zero-order chi connectivity index (χ0) is 14.2. The Kier molecular flexibility index (Phi) is 4.07. The molecule has 2 fully saturated rings. The lowest BCUT2D eigenvalue weighted by Gasteiger charge is -2.46. The predicted octanol–water partition coefficient (Wildman–Crippen LogP) is 4.45. The third-order valence-corrected chi connectivity index (χ3v) is 5.31. The van der Waals surface area contributed by atoms with Crippen LogP contribution in [0.3, 0.4) is 0 Å². The van der Waals surface area contributed by atoms with Gasteiger partial charge in [-0.25, -0.2) is 0 Å². The van der Waals surface area contributed by atoms with Crippen molar-refractivity contribution >= 4 is 29.0 Å². The molecule has 1 saturated heterocycles. The Labute approximate surface area is 129 Å². The van der Waals surface area contributed by atoms with Gasteiger partial charge in [0, 0.05) is 18.9 Å². The number of rotatable bonds is 3. The maximum atomic E-state index is 12.5. The monoisotopic (exact) mass is 312 g/mol. The summed E-state index contributed by atoms with van der Waals surface area (Å²) in [7, 11) is 0. The molecule has 4 heteroatoms. The van der Waals surface area contributed by atoms with Gasteiger partial charge in [0.15, 0.2) is 0 Å². The summed E-state index contributed by atoms with van der Waals surface area (Å²) in [6.45, 7) is 0.720. The summed E-state index contributed by atoms with van der Waals surface area (Å²) in [6, 6.07) is 5.43. The molecule has 2 aliphatic rings. The molecule has 1 atom stereocenters. The van der Waals surface area contributed by atoms with E-state index >= 15 is 0 Å². The van der Waals surface area contributed by atoms with Gasteiger partial charge in [0.25, 0.3) is 0 Å². The predicted molar refractivity (Wildman–Crippen MR) is 80.4 cm³/mol. The molecule has 1 aromatic rings. The van der Waals surface area contributed by atoms with Gasteiger partial charge in [-0.2, -0.15) is 0 Å². The van der Waals surface area contributed by atoms with Crippen molar-refractivity contribution in [2.45, 2.75) is 44.1 Å². The lowest BCUT2D eigenvalue weighted by Crippen LogP contribution is -2.47. The van der Waals surface area contributed by atoms with Gasteiger partial charge < -0.3 is 4.74 Å². The van der Waals surface area contributed by atoms with Gasteiger partial charge in [-0.3, -0.25) is 4.79 Å². The van der Waals surface area contributed by atoms with Crippen LogP contribution in [0.25, 0.3) is 0 Å². The summed E-state index contributed by atoms with van der Waals surface area (Å²) in [5.41, 5.74) is 0.967. The summed E-state index contributed by atoms with van der Waals surface area (Å²) in [5.74, 6) is 0.441. The van der Waals surface area contributed by atoms with Crippen LogP contribution >= 0.6 is 23.2 Å². The number of carbonyl (C=O) groups is 1. The zero-order valence-corrected chi connectivity index (χ0v) is 12.8. The first-order valence-corrected chi connectivity index (χ1v) is 7.94. The summed E-state index contributed by atoms with van der Waals surface area (Å²) in [5, 5.41) is 1.04. The van der Waals surface area contributed by atoms with E-state index in [2.05, 4.69) is 0 Å². The Morgan fingerprint density at radius 2 is 2.10 bits per heavy atom. The van der Waals surface area contributed by atoms with Gasteiger partial charge >= 0.3 is 0 Å². The molecule has 1 spiro atoms. The second-order valence-electron chi connectivity index (χ2n) is 5.97. The van der Waals surface area contributed by atoms with Gasteiger partial charge in [0.1, 0.15) is 5.78 Å². The molecule has 2 nitrogen and oxygen atoms in total. The molecule has 0 radical (unpaired) electrons. The highest BCUT2D eigenvalue weighted by Gasteiger charge is 2.44. The minimum absolute atomic E-state index is 0.0240. The summed E-state index contributed by atoms with van der Waals surface area (Å²) in [6.07, 6.45) is 5.65. The third-order valence-electron chi connectivity index (χ3n) is 4.58. The minimum Gasteiger partial charge on any atom is -0.375 e. The number of halogens is 2. The van der Waals surface area contributed by atoms with Crippen LogP contribution in [0.4, 0.5) is 0 Å². The number of hydrogen-bond donors (Lipinski definition) is 0. The summed E-state index contributed by atoms with van der Waals surface area (Å²) < 4.78 is 5.88.